The summed E-state index contributed by atoms with van der Waals surface area (Å²) in [6, 6.07) is 5.40. The number of carbonyl (C=O) groups is 2. The fraction of sp³-hybridized carbons (Fsp3) is 0.500. The van der Waals surface area contributed by atoms with Crippen LogP contribution in [0.5, 0.6) is 0 Å². The molecule has 0 unspecified atom stereocenters. The van der Waals surface area contributed by atoms with Crippen molar-refractivity contribution in [2.24, 2.45) is 0 Å². The van der Waals surface area contributed by atoms with Gasteiger partial charge in [0.25, 0.3) is 11.8 Å². The first-order valence-corrected chi connectivity index (χ1v) is 7.59. The third kappa shape index (κ3) is 2.78. The van der Waals surface area contributed by atoms with E-state index >= 15 is 0 Å². The van der Waals surface area contributed by atoms with Crippen molar-refractivity contribution in [3.63, 3.8) is 0 Å². The Balaban J connectivity index is 1.55. The molecule has 0 radical (unpaired) electrons. The molecule has 2 aliphatic heterocycles. The summed E-state index contributed by atoms with van der Waals surface area (Å²) in [5.74, 6) is -0.425. The van der Waals surface area contributed by atoms with E-state index in [1.807, 2.05) is 6.07 Å². The lowest BCUT2D eigenvalue weighted by molar-refractivity contribution is 0.0693. The van der Waals surface area contributed by atoms with Crippen LogP contribution in [-0.4, -0.2) is 54.8 Å². The van der Waals surface area contributed by atoms with Gasteiger partial charge in [0.2, 0.25) is 0 Å². The minimum Gasteiger partial charge on any atom is -0.385 e. The summed E-state index contributed by atoms with van der Waals surface area (Å²) in [5.41, 5.74) is 1.92. The number of hydrogen-bond donors (Lipinski definition) is 1. The quantitative estimate of drug-likeness (QED) is 0.663. The van der Waals surface area contributed by atoms with Crippen molar-refractivity contribution in [2.75, 3.05) is 38.5 Å². The van der Waals surface area contributed by atoms with E-state index in [1.165, 1.54) is 37.9 Å². The van der Waals surface area contributed by atoms with E-state index in [2.05, 4.69) is 10.2 Å². The molecule has 1 fully saturated rings. The maximum atomic E-state index is 11.9. The molecule has 0 aliphatic carbocycles. The third-order valence-corrected chi connectivity index (χ3v) is 4.27. The molecule has 2 aliphatic rings. The number of benzene rings is 1. The van der Waals surface area contributed by atoms with Gasteiger partial charge >= 0.3 is 0 Å². The summed E-state index contributed by atoms with van der Waals surface area (Å²) in [6.07, 6.45) is 3.73. The van der Waals surface area contributed by atoms with E-state index in [1.54, 1.807) is 12.1 Å². The molecule has 0 spiro atoms. The van der Waals surface area contributed by atoms with E-state index in [0.29, 0.717) is 11.1 Å². The molecular weight excluding hydrogens is 266 g/mol. The van der Waals surface area contributed by atoms with Gasteiger partial charge in [0.15, 0.2) is 0 Å². The van der Waals surface area contributed by atoms with Crippen LogP contribution >= 0.6 is 0 Å². The topological polar surface area (TPSA) is 52.7 Å². The summed E-state index contributed by atoms with van der Waals surface area (Å²) in [4.78, 5) is 27.4. The molecule has 1 aromatic carbocycles. The lowest BCUT2D eigenvalue weighted by Crippen LogP contribution is -2.24. The lowest BCUT2D eigenvalue weighted by Gasteiger charge is -2.14. The predicted molar refractivity (Wildman–Crippen MR) is 81.6 cm³/mol. The van der Waals surface area contributed by atoms with Crippen molar-refractivity contribution in [1.29, 1.82) is 0 Å². The first-order chi connectivity index (χ1) is 10.2. The Hall–Kier alpha value is -1.88. The van der Waals surface area contributed by atoms with Crippen LogP contribution in [0.25, 0.3) is 0 Å². The molecule has 2 heterocycles. The Bertz CT molecular complexity index is 565. The van der Waals surface area contributed by atoms with Crippen LogP contribution in [0.15, 0.2) is 18.2 Å². The highest BCUT2D eigenvalue weighted by atomic mass is 16.2. The number of anilines is 1. The van der Waals surface area contributed by atoms with Crippen molar-refractivity contribution in [1.82, 2.24) is 9.80 Å². The van der Waals surface area contributed by atoms with Gasteiger partial charge in [-0.25, -0.2) is 0 Å². The van der Waals surface area contributed by atoms with Gasteiger partial charge in [-0.05, 0) is 57.1 Å². The number of amides is 2. The molecule has 0 atom stereocenters. The molecule has 1 saturated heterocycles. The molecule has 112 valence electrons. The van der Waals surface area contributed by atoms with Crippen molar-refractivity contribution in [3.8, 4) is 0 Å². The highest BCUT2D eigenvalue weighted by Crippen LogP contribution is 2.24. The maximum Gasteiger partial charge on any atom is 0.261 e. The van der Waals surface area contributed by atoms with E-state index in [4.69, 9.17) is 0 Å². The normalized spacial score (nSPS) is 18.4. The average molecular weight is 287 g/mol. The third-order valence-electron chi connectivity index (χ3n) is 4.27. The molecule has 5 nitrogen and oxygen atoms in total. The van der Waals surface area contributed by atoms with Crippen LogP contribution in [0.4, 0.5) is 5.69 Å². The summed E-state index contributed by atoms with van der Waals surface area (Å²) in [7, 11) is 1.52. The Morgan fingerprint density at radius 1 is 1.10 bits per heavy atom. The van der Waals surface area contributed by atoms with Crippen molar-refractivity contribution in [2.45, 2.75) is 19.3 Å². The lowest BCUT2D eigenvalue weighted by atomic mass is 10.1. The molecule has 0 aromatic heterocycles. The number of hydrogen-bond acceptors (Lipinski definition) is 4. The number of imide groups is 1. The summed E-state index contributed by atoms with van der Waals surface area (Å²) < 4.78 is 0. The molecule has 5 heteroatoms. The van der Waals surface area contributed by atoms with Crippen molar-refractivity contribution in [3.05, 3.63) is 29.3 Å². The highest BCUT2D eigenvalue weighted by Gasteiger charge is 2.32. The van der Waals surface area contributed by atoms with Gasteiger partial charge in [-0.1, -0.05) is 0 Å². The maximum absolute atomic E-state index is 11.9. The zero-order chi connectivity index (χ0) is 14.8. The van der Waals surface area contributed by atoms with E-state index in [9.17, 15) is 9.59 Å². The zero-order valence-electron chi connectivity index (χ0n) is 12.4. The minimum absolute atomic E-state index is 0.212. The van der Waals surface area contributed by atoms with Crippen LogP contribution < -0.4 is 5.32 Å². The van der Waals surface area contributed by atoms with Crippen LogP contribution in [0, 0.1) is 0 Å². The second-order valence-corrected chi connectivity index (χ2v) is 5.76. The highest BCUT2D eigenvalue weighted by molar-refractivity contribution is 6.21. The van der Waals surface area contributed by atoms with E-state index in [0.717, 1.165) is 25.2 Å². The van der Waals surface area contributed by atoms with Crippen LogP contribution in [0.1, 0.15) is 40.0 Å². The first-order valence-electron chi connectivity index (χ1n) is 7.59. The average Bonchev–Trinajstić information content (AvgIpc) is 3.08. The van der Waals surface area contributed by atoms with Crippen LogP contribution in [-0.2, 0) is 0 Å². The predicted octanol–water partition coefficient (Wildman–Crippen LogP) is 1.81. The van der Waals surface area contributed by atoms with Gasteiger partial charge in [0.05, 0.1) is 11.1 Å². The molecule has 1 N–H and O–H groups in total. The largest absolute Gasteiger partial charge is 0.385 e. The number of carbonyl (C=O) groups excluding carboxylic acids is 2. The standard InChI is InChI=1S/C16H21N3O2/c1-18-15(20)13-6-5-12(11-14(13)16(18)21)17-7-4-10-19-8-2-3-9-19/h5-6,11,17H,2-4,7-10H2,1H3. The SMILES string of the molecule is CN1C(=O)c2ccc(NCCCN3CCCC3)cc2C1=O. The van der Waals surface area contributed by atoms with Gasteiger partial charge in [-0.2, -0.15) is 0 Å². The Kier molecular flexibility index (Phi) is 3.92. The summed E-state index contributed by atoms with van der Waals surface area (Å²) in [5, 5.41) is 3.34. The Morgan fingerprint density at radius 3 is 2.57 bits per heavy atom. The number of likely N-dealkylation sites (tertiary alicyclic amines) is 1. The molecule has 21 heavy (non-hydrogen) atoms. The van der Waals surface area contributed by atoms with Gasteiger partial charge in [-0.15, -0.1) is 0 Å². The Labute approximate surface area is 124 Å². The van der Waals surface area contributed by atoms with Crippen LogP contribution in [0.2, 0.25) is 0 Å². The summed E-state index contributed by atoms with van der Waals surface area (Å²) >= 11 is 0. The fourth-order valence-electron chi connectivity index (χ4n) is 3.01. The van der Waals surface area contributed by atoms with Gasteiger partial charge in [0, 0.05) is 19.3 Å². The van der Waals surface area contributed by atoms with E-state index < -0.39 is 0 Å². The zero-order valence-corrected chi connectivity index (χ0v) is 12.4. The summed E-state index contributed by atoms with van der Waals surface area (Å²) in [6.45, 7) is 4.45. The van der Waals surface area contributed by atoms with Gasteiger partial charge < -0.3 is 10.2 Å². The van der Waals surface area contributed by atoms with Crippen LogP contribution in [0.3, 0.4) is 0 Å². The monoisotopic (exact) mass is 287 g/mol. The second kappa shape index (κ2) is 5.85. The number of nitrogens with zero attached hydrogens (tertiary/aromatic N) is 2. The molecule has 0 saturated carbocycles. The molecular formula is C16H21N3O2. The number of fused-ring (bicyclic) bond motifs is 1. The molecule has 3 rings (SSSR count). The molecule has 0 bridgehead atoms. The number of rotatable bonds is 5. The number of nitrogens with one attached hydrogen (secondary N) is 1. The second-order valence-electron chi connectivity index (χ2n) is 5.76. The van der Waals surface area contributed by atoms with Crippen molar-refractivity contribution >= 4 is 17.5 Å². The van der Waals surface area contributed by atoms with Crippen molar-refractivity contribution < 1.29 is 9.59 Å². The van der Waals surface area contributed by atoms with Gasteiger partial charge in [0.1, 0.15) is 0 Å². The smallest absolute Gasteiger partial charge is 0.261 e. The Morgan fingerprint density at radius 2 is 1.81 bits per heavy atom. The molecule has 2 amide bonds. The first kappa shape index (κ1) is 14.1. The van der Waals surface area contributed by atoms with E-state index in [-0.39, 0.29) is 11.8 Å². The fourth-order valence-corrected chi connectivity index (χ4v) is 3.01. The molecule has 1 aromatic rings. The minimum atomic E-state index is -0.212. The van der Waals surface area contributed by atoms with Gasteiger partial charge in [-0.3, -0.25) is 14.5 Å².